The van der Waals surface area contributed by atoms with Gasteiger partial charge >= 0.3 is 30.2 Å². The van der Waals surface area contributed by atoms with Crippen LogP contribution in [0.2, 0.25) is 0 Å². The number of methoxy groups -OCH3 is 1. The molecule has 2 aliphatic heterocycles. The largest absolute Gasteiger partial charge is 0.481 e. The first-order chi connectivity index (χ1) is 59.6. The number of rotatable bonds is 77. The summed E-state index contributed by atoms with van der Waals surface area (Å²) >= 11 is 2.28. The summed E-state index contributed by atoms with van der Waals surface area (Å²) in [6, 6.07) is -1.18. The number of nitrogens with two attached hydrogens (primary N) is 1. The van der Waals surface area contributed by atoms with Gasteiger partial charge < -0.3 is 160 Å². The zero-order valence-corrected chi connectivity index (χ0v) is 71.8. The van der Waals surface area contributed by atoms with E-state index in [0.717, 1.165) is 21.6 Å². The van der Waals surface area contributed by atoms with Crippen LogP contribution in [0.4, 0.5) is 14.4 Å². The number of nitrogens with zero attached hydrogens (tertiary/aromatic N) is 2. The van der Waals surface area contributed by atoms with E-state index in [-0.39, 0.29) is 251 Å². The molecule has 0 aromatic carbocycles. The summed E-state index contributed by atoms with van der Waals surface area (Å²) in [7, 11) is 1.23. The number of likely N-dealkylation sites (tertiary alicyclic amines) is 2. The molecule has 0 aliphatic carbocycles. The Labute approximate surface area is 725 Å². The Bertz CT molecular complexity index is 3150. The molecule has 0 saturated carbocycles. The van der Waals surface area contributed by atoms with Crippen LogP contribution in [-0.4, -0.2) is 418 Å². The lowest BCUT2D eigenvalue weighted by Gasteiger charge is -2.27. The Balaban J connectivity index is 1.67. The number of nitrogens with one attached hydrogen (secondary N) is 9. The predicted molar refractivity (Wildman–Crippen MR) is 430 cm³/mol. The summed E-state index contributed by atoms with van der Waals surface area (Å²) in [5, 5.41) is 90.2. The fraction of sp³-hybridized carbons (Fsp3) is 0.795. The van der Waals surface area contributed by atoms with Gasteiger partial charge in [-0.1, -0.05) is 6.92 Å². The molecular formula is C73H126N12O37S2. The van der Waals surface area contributed by atoms with Crippen molar-refractivity contribution in [2.75, 3.05) is 217 Å². The Morgan fingerprint density at radius 2 is 0.758 bits per heavy atom. The van der Waals surface area contributed by atoms with Crippen molar-refractivity contribution in [1.29, 1.82) is 0 Å². The molecule has 2 heterocycles. The highest BCUT2D eigenvalue weighted by molar-refractivity contribution is 8.00. The molecule has 0 radical (unpaired) electrons. The van der Waals surface area contributed by atoms with Crippen LogP contribution in [0.3, 0.4) is 0 Å². The number of carbonyl (C=O) groups is 15. The van der Waals surface area contributed by atoms with E-state index >= 15 is 0 Å². The number of aliphatic hydroxyl groups excluding tert-OH is 5. The summed E-state index contributed by atoms with van der Waals surface area (Å²) in [6.07, 6.45) is -11.0. The van der Waals surface area contributed by atoms with E-state index in [1.165, 1.54) is 18.9 Å². The third-order valence-electron chi connectivity index (χ3n) is 17.2. The van der Waals surface area contributed by atoms with E-state index < -0.39 is 185 Å². The predicted octanol–water partition coefficient (Wildman–Crippen LogP) is -6.41. The number of carboxylic acid groups (broad SMARTS) is 2. The van der Waals surface area contributed by atoms with Gasteiger partial charge in [0.1, 0.15) is 25.9 Å². The van der Waals surface area contributed by atoms with Crippen molar-refractivity contribution in [3.8, 4) is 0 Å². The number of thioether (sulfide) groups is 2. The third-order valence-corrected chi connectivity index (χ3v) is 19.4. The fourth-order valence-corrected chi connectivity index (χ4v) is 12.1. The molecule has 124 heavy (non-hydrogen) atoms. The van der Waals surface area contributed by atoms with Gasteiger partial charge in [0.05, 0.1) is 147 Å². The van der Waals surface area contributed by atoms with Gasteiger partial charge in [-0.25, -0.2) is 14.4 Å². The van der Waals surface area contributed by atoms with E-state index in [9.17, 15) is 97.5 Å². The van der Waals surface area contributed by atoms with Crippen LogP contribution in [0, 0.1) is 0 Å². The molecule has 0 spiro atoms. The monoisotopic (exact) mass is 1830 g/mol. The minimum Gasteiger partial charge on any atom is -0.481 e. The van der Waals surface area contributed by atoms with Crippen molar-refractivity contribution >= 4 is 113 Å². The number of hydrogen-bond donors (Lipinski definition) is 17. The van der Waals surface area contributed by atoms with Gasteiger partial charge in [0.25, 0.3) is 0 Å². The minimum absolute atomic E-state index is 0.00873. The summed E-state index contributed by atoms with van der Waals surface area (Å²) < 4.78 is 82.9. The summed E-state index contributed by atoms with van der Waals surface area (Å²) in [5.74, 6) is -6.33. The Hall–Kier alpha value is -8.17. The second-order valence-corrected chi connectivity index (χ2v) is 29.0. The first-order valence-corrected chi connectivity index (χ1v) is 42.7. The highest BCUT2D eigenvalue weighted by atomic mass is 32.2. The van der Waals surface area contributed by atoms with Crippen LogP contribution < -0.4 is 53.6 Å². The van der Waals surface area contributed by atoms with Crippen LogP contribution in [0.25, 0.3) is 0 Å². The number of amides is 13. The molecule has 0 bridgehead atoms. The lowest BCUT2D eigenvalue weighted by atomic mass is 10.2. The smallest absolute Gasteiger partial charge is 0.407 e. The van der Waals surface area contributed by atoms with Gasteiger partial charge in [-0.2, -0.15) is 11.8 Å². The van der Waals surface area contributed by atoms with Crippen LogP contribution in [-0.2, 0) is 129 Å². The van der Waals surface area contributed by atoms with E-state index in [1.54, 1.807) is 13.2 Å². The Kier molecular flexibility index (Phi) is 63.1. The lowest BCUT2D eigenvalue weighted by Crippen LogP contribution is -2.38. The van der Waals surface area contributed by atoms with Crippen molar-refractivity contribution in [2.24, 2.45) is 5.73 Å². The molecule has 2 rings (SSSR count). The van der Waals surface area contributed by atoms with Crippen LogP contribution >= 0.6 is 23.5 Å². The minimum atomic E-state index is -1.42. The normalized spacial score (nSPS) is 16.1. The molecule has 2 fully saturated rings. The third kappa shape index (κ3) is 54.0. The molecule has 51 heteroatoms. The Morgan fingerprint density at radius 1 is 0.411 bits per heavy atom. The highest BCUT2D eigenvalue weighted by Crippen LogP contribution is 2.26. The van der Waals surface area contributed by atoms with Crippen molar-refractivity contribution in [3.05, 3.63) is 0 Å². The SMILES string of the molecule is CCC(CO)OC(COC(=O)NCCC(=O)NCCNC(=O)CCOCCOCCNC(=O)CCN1C(=O)CC(SC)C1=O)OCCC(CO)OC(CO)OCCC(CO)OC(COC(=O)NCCC(=O)O)OCCC(CO)OC(COC(=O)NCCC(=O)NCCNC(=O)CCOCCOCCNC(=O)CCN1C(=O)CC(SCC(N)C(=O)O)C1=O)OC. The molecule has 2 aliphatic rings. The standard InChI is InChI=1S/C73H126N12O37S2/c1-4-48(39-86)119-66(45-117-72(106)82-16-6-56(92)76-19-21-78-60(96)14-26-109-33-35-111-31-22-79-57(93)8-24-84-61(97)37-53(123-3)68(84)101)114-29-11-49(40-87)120-64(43-90)113-28-10-51(42-89)122-67(46-118-73(107)83-17-7-63(99)100)115-30-12-50(41-88)121-65(108-2)44-116-71(105)81-15-5-55(91)75-18-20-77-59(95)13-27-110-34-36-112-32-23-80-58(94)9-25-85-62(98)38-54(69(85)102)124-47-52(74)70(103)104/h48-54,64-67,86-90H,4-47,74H2,1-3H3,(H,75,91)(H,76,92)(H,77,95)(H,78,96)(H,79,93)(H,80,94)(H,81,105)(H,82,106)(H,83,107)(H,99,100)(H,103,104). The second-order valence-electron chi connectivity index (χ2n) is 26.7. The van der Waals surface area contributed by atoms with Crippen LogP contribution in [0.15, 0.2) is 0 Å². The second kappa shape index (κ2) is 70.0. The number of carbonyl (C=O) groups excluding carboxylic acids is 13. The molecular weight excluding hydrogens is 1700 g/mol. The molecule has 2 saturated heterocycles. The molecule has 18 N–H and O–H groups in total. The van der Waals surface area contributed by atoms with E-state index in [4.69, 9.17) is 87.0 Å². The van der Waals surface area contributed by atoms with Gasteiger partial charge in [0, 0.05) is 136 Å². The summed E-state index contributed by atoms with van der Waals surface area (Å²) in [4.78, 5) is 184. The van der Waals surface area contributed by atoms with Gasteiger partial charge in [-0.15, -0.1) is 11.8 Å². The highest BCUT2D eigenvalue weighted by Gasteiger charge is 2.40. The molecule has 0 aromatic heterocycles. The van der Waals surface area contributed by atoms with E-state index in [2.05, 4.69) is 47.9 Å². The van der Waals surface area contributed by atoms with Crippen molar-refractivity contribution in [1.82, 2.24) is 57.7 Å². The maximum absolute atomic E-state index is 12.6. The van der Waals surface area contributed by atoms with Crippen molar-refractivity contribution in [2.45, 2.75) is 157 Å². The van der Waals surface area contributed by atoms with Crippen molar-refractivity contribution in [3.63, 3.8) is 0 Å². The maximum Gasteiger partial charge on any atom is 0.407 e. The molecule has 49 nitrogen and oxygen atoms in total. The zero-order valence-electron chi connectivity index (χ0n) is 70.1. The number of carboxylic acids is 2. The molecule has 11 unspecified atom stereocenters. The number of alkyl carbamates (subject to hydrolysis) is 3. The zero-order chi connectivity index (χ0) is 91.7. The summed E-state index contributed by atoms with van der Waals surface area (Å²) in [6.45, 7) is -2.37. The molecule has 11 atom stereocenters. The van der Waals surface area contributed by atoms with Crippen LogP contribution in [0.1, 0.15) is 90.4 Å². The first-order valence-electron chi connectivity index (χ1n) is 40.3. The maximum atomic E-state index is 12.6. The summed E-state index contributed by atoms with van der Waals surface area (Å²) in [5.41, 5.74) is 5.47. The Morgan fingerprint density at radius 3 is 1.14 bits per heavy atom. The quantitative estimate of drug-likeness (QED) is 0.0117. The fourth-order valence-electron chi connectivity index (χ4n) is 10.3. The topological polar surface area (TPSA) is 677 Å². The van der Waals surface area contributed by atoms with Gasteiger partial charge in [-0.3, -0.25) is 67.3 Å². The van der Waals surface area contributed by atoms with Crippen LogP contribution in [0.5, 0.6) is 0 Å². The molecule has 13 amide bonds. The number of aliphatic hydroxyl groups is 5. The van der Waals surface area contributed by atoms with E-state index in [0.29, 0.717) is 6.42 Å². The van der Waals surface area contributed by atoms with Gasteiger partial charge in [0.15, 0.2) is 25.2 Å². The van der Waals surface area contributed by atoms with Gasteiger partial charge in [0.2, 0.25) is 59.1 Å². The number of imide groups is 2. The number of aliphatic carboxylic acids is 2. The number of ether oxygens (including phenoxy) is 15. The van der Waals surface area contributed by atoms with E-state index in [1.807, 2.05) is 0 Å². The molecule has 712 valence electrons. The lowest BCUT2D eigenvalue weighted by molar-refractivity contribution is -0.224. The molecule has 0 aromatic rings. The average Bonchev–Trinajstić information content (AvgIpc) is 1.70. The first kappa shape index (κ1) is 112. The number of hydrogen-bond acceptors (Lipinski definition) is 38. The van der Waals surface area contributed by atoms with Gasteiger partial charge in [-0.05, 0) is 31.9 Å². The average molecular weight is 1830 g/mol. The van der Waals surface area contributed by atoms with Crippen molar-refractivity contribution < 1.29 is 179 Å².